The number of amides is 1. The van der Waals surface area contributed by atoms with Crippen LogP contribution in [0, 0.1) is 6.92 Å². The molecule has 94 valence electrons. The molecule has 0 aromatic heterocycles. The highest BCUT2D eigenvalue weighted by Gasteiger charge is 2.04. The fourth-order valence-corrected chi connectivity index (χ4v) is 1.53. The minimum Gasteiger partial charge on any atom is -0.390 e. The molecule has 0 heterocycles. The molecule has 4 nitrogen and oxygen atoms in total. The molecule has 0 aliphatic heterocycles. The van der Waals surface area contributed by atoms with Crippen LogP contribution in [0.15, 0.2) is 18.2 Å². The second kappa shape index (κ2) is 6.47. The highest BCUT2D eigenvalue weighted by atomic mass is 35.5. The van der Waals surface area contributed by atoms with Crippen LogP contribution in [-0.4, -0.2) is 29.5 Å². The maximum Gasteiger partial charge on any atom is 0.221 e. The van der Waals surface area contributed by atoms with Crippen LogP contribution >= 0.6 is 11.6 Å². The van der Waals surface area contributed by atoms with Crippen LogP contribution in [0.5, 0.6) is 0 Å². The van der Waals surface area contributed by atoms with E-state index in [1.54, 1.807) is 0 Å². The van der Waals surface area contributed by atoms with Gasteiger partial charge in [-0.25, -0.2) is 0 Å². The summed E-state index contributed by atoms with van der Waals surface area (Å²) in [5.41, 5.74) is 2.68. The van der Waals surface area contributed by atoms with Gasteiger partial charge in [-0.3, -0.25) is 4.79 Å². The second-order valence-corrected chi connectivity index (χ2v) is 4.21. The lowest BCUT2D eigenvalue weighted by Gasteiger charge is -2.13. The number of aliphatic hydroxyl groups excluding tert-OH is 1. The monoisotopic (exact) mass is 256 g/mol. The zero-order valence-corrected chi connectivity index (χ0v) is 10.7. The van der Waals surface area contributed by atoms with Crippen molar-refractivity contribution >= 4 is 28.9 Å². The first-order valence-electron chi connectivity index (χ1n) is 5.39. The first kappa shape index (κ1) is 13.8. The van der Waals surface area contributed by atoms with E-state index in [1.165, 1.54) is 6.92 Å². The molecule has 1 aromatic carbocycles. The van der Waals surface area contributed by atoms with Gasteiger partial charge in [-0.1, -0.05) is 0 Å². The first-order valence-corrected chi connectivity index (χ1v) is 5.92. The smallest absolute Gasteiger partial charge is 0.221 e. The number of rotatable bonds is 5. The molecule has 1 rings (SSSR count). The molecule has 0 saturated carbocycles. The Kier molecular flexibility index (Phi) is 5.25. The summed E-state index contributed by atoms with van der Waals surface area (Å²) in [4.78, 5) is 10.9. The Hall–Kier alpha value is -1.26. The number of aryl methyl sites for hydroxylation is 1. The lowest BCUT2D eigenvalue weighted by molar-refractivity contribution is -0.114. The highest BCUT2D eigenvalue weighted by molar-refractivity contribution is 6.18. The lowest BCUT2D eigenvalue weighted by Crippen LogP contribution is -2.21. The normalized spacial score (nSPS) is 12.0. The van der Waals surface area contributed by atoms with E-state index in [0.717, 1.165) is 16.9 Å². The quantitative estimate of drug-likeness (QED) is 0.706. The number of hydrogen-bond acceptors (Lipinski definition) is 3. The summed E-state index contributed by atoms with van der Waals surface area (Å²) >= 11 is 5.50. The van der Waals surface area contributed by atoms with Gasteiger partial charge in [-0.05, 0) is 30.7 Å². The SMILES string of the molecule is CC(=O)Nc1ccc(NCC(O)CCl)c(C)c1. The van der Waals surface area contributed by atoms with Gasteiger partial charge in [-0.15, -0.1) is 11.6 Å². The Morgan fingerprint density at radius 3 is 2.76 bits per heavy atom. The van der Waals surface area contributed by atoms with Crippen LogP contribution in [0.1, 0.15) is 12.5 Å². The summed E-state index contributed by atoms with van der Waals surface area (Å²) in [6.45, 7) is 3.81. The van der Waals surface area contributed by atoms with Gasteiger partial charge in [0.25, 0.3) is 0 Å². The van der Waals surface area contributed by atoms with Crippen molar-refractivity contribution in [3.8, 4) is 0 Å². The Bertz CT molecular complexity index is 396. The van der Waals surface area contributed by atoms with E-state index < -0.39 is 6.10 Å². The van der Waals surface area contributed by atoms with Gasteiger partial charge in [0.2, 0.25) is 5.91 Å². The molecule has 5 heteroatoms. The third-order valence-electron chi connectivity index (χ3n) is 2.25. The molecule has 3 N–H and O–H groups in total. The minimum absolute atomic E-state index is 0.0947. The topological polar surface area (TPSA) is 61.4 Å². The van der Waals surface area contributed by atoms with Gasteiger partial charge in [-0.2, -0.15) is 0 Å². The maximum absolute atomic E-state index is 10.9. The van der Waals surface area contributed by atoms with E-state index in [9.17, 15) is 9.90 Å². The fraction of sp³-hybridized carbons (Fsp3) is 0.417. The zero-order valence-electron chi connectivity index (χ0n) is 9.96. The van der Waals surface area contributed by atoms with E-state index in [-0.39, 0.29) is 11.8 Å². The van der Waals surface area contributed by atoms with Gasteiger partial charge < -0.3 is 15.7 Å². The van der Waals surface area contributed by atoms with Crippen molar-refractivity contribution < 1.29 is 9.90 Å². The lowest BCUT2D eigenvalue weighted by atomic mass is 10.1. The number of nitrogens with one attached hydrogen (secondary N) is 2. The summed E-state index contributed by atoms with van der Waals surface area (Å²) in [6, 6.07) is 5.54. The van der Waals surface area contributed by atoms with Crippen molar-refractivity contribution in [2.24, 2.45) is 0 Å². The van der Waals surface area contributed by atoms with E-state index >= 15 is 0 Å². The average Bonchev–Trinajstić information content (AvgIpc) is 2.26. The van der Waals surface area contributed by atoms with Crippen molar-refractivity contribution in [1.82, 2.24) is 0 Å². The molecule has 0 aliphatic carbocycles. The Labute approximate surface area is 106 Å². The van der Waals surface area contributed by atoms with Crippen LogP contribution in [0.4, 0.5) is 11.4 Å². The van der Waals surface area contributed by atoms with E-state index in [0.29, 0.717) is 6.54 Å². The highest BCUT2D eigenvalue weighted by Crippen LogP contribution is 2.19. The van der Waals surface area contributed by atoms with Crippen molar-refractivity contribution in [3.63, 3.8) is 0 Å². The number of anilines is 2. The molecule has 0 fully saturated rings. The fourth-order valence-electron chi connectivity index (χ4n) is 1.43. The molecule has 17 heavy (non-hydrogen) atoms. The summed E-state index contributed by atoms with van der Waals surface area (Å²) in [7, 11) is 0. The summed E-state index contributed by atoms with van der Waals surface area (Å²) < 4.78 is 0. The number of carbonyl (C=O) groups excluding carboxylic acids is 1. The summed E-state index contributed by atoms with van der Waals surface area (Å²) in [5.74, 6) is 0.110. The number of alkyl halides is 1. The van der Waals surface area contributed by atoms with Gasteiger partial charge in [0.05, 0.1) is 12.0 Å². The number of benzene rings is 1. The average molecular weight is 257 g/mol. The van der Waals surface area contributed by atoms with Crippen molar-refractivity contribution in [1.29, 1.82) is 0 Å². The third kappa shape index (κ3) is 4.63. The van der Waals surface area contributed by atoms with Crippen LogP contribution in [-0.2, 0) is 4.79 Å². The maximum atomic E-state index is 10.9. The van der Waals surface area contributed by atoms with Crippen LogP contribution in [0.3, 0.4) is 0 Å². The Balaban J connectivity index is 2.66. The molecule has 0 radical (unpaired) electrons. The predicted molar refractivity (Wildman–Crippen MR) is 70.7 cm³/mol. The standard InChI is InChI=1S/C12H17ClN2O2/c1-8-5-10(15-9(2)16)3-4-12(8)14-7-11(17)6-13/h3-5,11,14,17H,6-7H2,1-2H3,(H,15,16). The van der Waals surface area contributed by atoms with E-state index in [4.69, 9.17) is 11.6 Å². The number of halogens is 1. The molecule has 1 amide bonds. The van der Waals surface area contributed by atoms with Crippen molar-refractivity contribution in [2.45, 2.75) is 20.0 Å². The summed E-state index contributed by atoms with van der Waals surface area (Å²) in [6.07, 6.45) is -0.564. The number of aliphatic hydroxyl groups is 1. The van der Waals surface area contributed by atoms with Gasteiger partial charge in [0.15, 0.2) is 0 Å². The van der Waals surface area contributed by atoms with Gasteiger partial charge in [0.1, 0.15) is 0 Å². The second-order valence-electron chi connectivity index (χ2n) is 3.90. The number of carbonyl (C=O) groups is 1. The predicted octanol–water partition coefficient (Wildman–Crippen LogP) is 1.97. The van der Waals surface area contributed by atoms with Crippen LogP contribution < -0.4 is 10.6 Å². The largest absolute Gasteiger partial charge is 0.390 e. The molecule has 1 atom stereocenters. The molecule has 1 aromatic rings. The van der Waals surface area contributed by atoms with Crippen LogP contribution in [0.2, 0.25) is 0 Å². The molecular weight excluding hydrogens is 240 g/mol. The summed E-state index contributed by atoms with van der Waals surface area (Å²) in [5, 5.41) is 15.1. The van der Waals surface area contributed by atoms with Crippen molar-refractivity contribution in [2.75, 3.05) is 23.1 Å². The first-order chi connectivity index (χ1) is 8.02. The zero-order chi connectivity index (χ0) is 12.8. The molecule has 0 aliphatic rings. The van der Waals surface area contributed by atoms with Gasteiger partial charge >= 0.3 is 0 Å². The Morgan fingerprint density at radius 1 is 1.53 bits per heavy atom. The number of hydrogen-bond donors (Lipinski definition) is 3. The molecule has 0 saturated heterocycles. The van der Waals surface area contributed by atoms with Crippen molar-refractivity contribution in [3.05, 3.63) is 23.8 Å². The van der Waals surface area contributed by atoms with E-state index in [1.807, 2.05) is 25.1 Å². The van der Waals surface area contributed by atoms with Gasteiger partial charge in [0, 0.05) is 24.8 Å². The third-order valence-corrected chi connectivity index (χ3v) is 2.61. The molecule has 0 bridgehead atoms. The molecular formula is C12H17ClN2O2. The molecule has 1 unspecified atom stereocenters. The Morgan fingerprint density at radius 2 is 2.24 bits per heavy atom. The molecule has 0 spiro atoms. The van der Waals surface area contributed by atoms with Crippen LogP contribution in [0.25, 0.3) is 0 Å². The van der Waals surface area contributed by atoms with E-state index in [2.05, 4.69) is 10.6 Å². The minimum atomic E-state index is -0.564.